The minimum absolute atomic E-state index is 0.157. The van der Waals surface area contributed by atoms with Gasteiger partial charge in [0.15, 0.2) is 0 Å². The predicted molar refractivity (Wildman–Crippen MR) is 125 cm³/mol. The second-order valence-electron chi connectivity index (χ2n) is 10.3. The Kier molecular flexibility index (Phi) is 7.37. The first-order valence-electron chi connectivity index (χ1n) is 9.98. The monoisotopic (exact) mass is 407 g/mol. The van der Waals surface area contributed by atoms with Crippen LogP contribution in [0.5, 0.6) is 0 Å². The smallest absolute Gasteiger partial charge is 0.219 e. The maximum atomic E-state index is 6.52. The third-order valence-corrected chi connectivity index (χ3v) is 9.97. The van der Waals surface area contributed by atoms with Gasteiger partial charge in [0.25, 0.3) is 0 Å². The van der Waals surface area contributed by atoms with Crippen molar-refractivity contribution < 1.29 is 8.85 Å². The van der Waals surface area contributed by atoms with Gasteiger partial charge in [-0.2, -0.15) is 0 Å². The Morgan fingerprint density at radius 2 is 1.41 bits per heavy atom. The molecule has 1 rings (SSSR count). The van der Waals surface area contributed by atoms with Gasteiger partial charge in [-0.05, 0) is 96.2 Å². The second-order valence-corrected chi connectivity index (χ2v) is 17.9. The fourth-order valence-electron chi connectivity index (χ4n) is 3.55. The van der Waals surface area contributed by atoms with E-state index in [1.807, 2.05) is 0 Å². The molecule has 0 aliphatic carbocycles. The minimum atomic E-state index is -2.09. The third-order valence-electron chi connectivity index (χ3n) is 4.27. The lowest BCUT2D eigenvalue weighted by atomic mass is 10.1. The van der Waals surface area contributed by atoms with Crippen molar-refractivity contribution in [2.24, 2.45) is 5.73 Å². The highest BCUT2D eigenvalue weighted by Gasteiger charge is 2.35. The molecule has 2 N–H and O–H groups in total. The number of hydrogen-bond acceptors (Lipinski definition) is 3. The Labute approximate surface area is 169 Å². The molecular weight excluding hydrogens is 366 g/mol. The number of allylic oxidation sites excluding steroid dienone is 1. The summed E-state index contributed by atoms with van der Waals surface area (Å²) >= 11 is 0. The first kappa shape index (κ1) is 24.2. The van der Waals surface area contributed by atoms with E-state index in [1.165, 1.54) is 15.9 Å². The summed E-state index contributed by atoms with van der Waals surface area (Å²) in [6.07, 6.45) is 2.96. The van der Waals surface area contributed by atoms with Gasteiger partial charge in [-0.15, -0.1) is 0 Å². The maximum Gasteiger partial charge on any atom is 0.219 e. The first-order chi connectivity index (χ1) is 12.0. The molecule has 27 heavy (non-hydrogen) atoms. The molecule has 0 heterocycles. The molecule has 0 bridgehead atoms. The molecule has 0 radical (unpaired) electrons. The number of rotatable bonds is 6. The van der Waals surface area contributed by atoms with E-state index in [-0.39, 0.29) is 11.2 Å². The zero-order valence-corrected chi connectivity index (χ0v) is 21.4. The average Bonchev–Trinajstić information content (AvgIpc) is 2.41. The topological polar surface area (TPSA) is 44.5 Å². The van der Waals surface area contributed by atoms with Crippen molar-refractivity contribution in [2.45, 2.75) is 92.3 Å². The molecular formula is C22H41NO2Si2. The van der Waals surface area contributed by atoms with E-state index in [1.54, 1.807) is 0 Å². The molecule has 0 fully saturated rings. The molecule has 0 aliphatic heterocycles. The zero-order chi connectivity index (χ0) is 21.3. The Morgan fingerprint density at radius 1 is 0.926 bits per heavy atom. The molecule has 0 aromatic heterocycles. The van der Waals surface area contributed by atoms with Crippen LogP contribution in [0.15, 0.2) is 23.9 Å². The van der Waals surface area contributed by atoms with Crippen LogP contribution < -0.4 is 16.1 Å². The number of nitrogens with two attached hydrogens (primary N) is 1. The first-order valence-corrected chi connectivity index (χ1v) is 15.8. The standard InChI is InChI=1S/C22H41NO2Si2/c1-12-18(23)15-17-16-19(26(8,9)24-21(2,3)4)13-14-20(17)27(10,11)25-22(5,6)7/h13-16H,12,23H2,1-11H3/b18-15-. The molecule has 0 saturated heterocycles. The Hall–Kier alpha value is -0.886. The van der Waals surface area contributed by atoms with Crippen molar-refractivity contribution >= 4 is 33.1 Å². The summed E-state index contributed by atoms with van der Waals surface area (Å²) in [4.78, 5) is 0. The lowest BCUT2D eigenvalue weighted by Crippen LogP contribution is -2.53. The van der Waals surface area contributed by atoms with Crippen LogP contribution in [-0.4, -0.2) is 27.8 Å². The van der Waals surface area contributed by atoms with E-state index in [2.05, 4.69) is 98.9 Å². The molecule has 1 aromatic rings. The van der Waals surface area contributed by atoms with E-state index < -0.39 is 16.6 Å². The van der Waals surface area contributed by atoms with Crippen LogP contribution in [0.3, 0.4) is 0 Å². The Morgan fingerprint density at radius 3 is 1.85 bits per heavy atom. The predicted octanol–water partition coefficient (Wildman–Crippen LogP) is 4.85. The highest BCUT2D eigenvalue weighted by atomic mass is 28.4. The van der Waals surface area contributed by atoms with Crippen LogP contribution in [0, 0.1) is 0 Å². The van der Waals surface area contributed by atoms with Crippen LogP contribution >= 0.6 is 0 Å². The van der Waals surface area contributed by atoms with Crippen molar-refractivity contribution in [2.75, 3.05) is 0 Å². The molecule has 3 nitrogen and oxygen atoms in total. The molecule has 1 aromatic carbocycles. The van der Waals surface area contributed by atoms with Gasteiger partial charge < -0.3 is 14.6 Å². The quantitative estimate of drug-likeness (QED) is 0.686. The maximum absolute atomic E-state index is 6.52. The van der Waals surface area contributed by atoms with Crippen LogP contribution in [0.2, 0.25) is 26.2 Å². The molecule has 0 spiro atoms. The Bertz CT molecular complexity index is 681. The van der Waals surface area contributed by atoms with E-state index in [0.29, 0.717) is 0 Å². The fraction of sp³-hybridized carbons (Fsp3) is 0.636. The van der Waals surface area contributed by atoms with Crippen LogP contribution in [0.4, 0.5) is 0 Å². The van der Waals surface area contributed by atoms with Gasteiger partial charge in [-0.3, -0.25) is 0 Å². The van der Waals surface area contributed by atoms with Crippen molar-refractivity contribution in [3.63, 3.8) is 0 Å². The van der Waals surface area contributed by atoms with Crippen molar-refractivity contribution in [1.82, 2.24) is 0 Å². The summed E-state index contributed by atoms with van der Waals surface area (Å²) in [6.45, 7) is 23.9. The average molecular weight is 408 g/mol. The second kappa shape index (κ2) is 8.23. The molecule has 5 heteroatoms. The van der Waals surface area contributed by atoms with Gasteiger partial charge in [0.1, 0.15) is 0 Å². The summed E-state index contributed by atoms with van der Waals surface area (Å²) in [7, 11) is -4.13. The molecule has 0 saturated carbocycles. The van der Waals surface area contributed by atoms with Crippen LogP contribution in [-0.2, 0) is 8.85 Å². The number of hydrogen-bond donors (Lipinski definition) is 1. The molecule has 0 amide bonds. The van der Waals surface area contributed by atoms with Crippen molar-refractivity contribution in [3.05, 3.63) is 29.5 Å². The van der Waals surface area contributed by atoms with Gasteiger partial charge in [-0.25, -0.2) is 0 Å². The number of benzene rings is 1. The van der Waals surface area contributed by atoms with Crippen LogP contribution in [0.25, 0.3) is 6.08 Å². The summed E-state index contributed by atoms with van der Waals surface area (Å²) < 4.78 is 13.0. The lowest BCUT2D eigenvalue weighted by molar-refractivity contribution is 0.124. The van der Waals surface area contributed by atoms with Gasteiger partial charge >= 0.3 is 0 Å². The Balaban J connectivity index is 3.51. The largest absolute Gasteiger partial charge is 0.408 e. The van der Waals surface area contributed by atoms with Crippen molar-refractivity contribution in [3.8, 4) is 0 Å². The molecule has 0 atom stereocenters. The molecule has 0 unspecified atom stereocenters. The minimum Gasteiger partial charge on any atom is -0.408 e. The van der Waals surface area contributed by atoms with E-state index in [4.69, 9.17) is 14.6 Å². The summed E-state index contributed by atoms with van der Waals surface area (Å²) in [6, 6.07) is 6.78. The third kappa shape index (κ3) is 7.56. The lowest BCUT2D eigenvalue weighted by Gasteiger charge is -2.35. The van der Waals surface area contributed by atoms with E-state index >= 15 is 0 Å². The van der Waals surface area contributed by atoms with Gasteiger partial charge in [0.2, 0.25) is 16.6 Å². The van der Waals surface area contributed by atoms with E-state index in [0.717, 1.165) is 12.1 Å². The summed E-state index contributed by atoms with van der Waals surface area (Å²) in [5.41, 5.74) is 7.97. The van der Waals surface area contributed by atoms with Gasteiger partial charge in [0.05, 0.1) is 0 Å². The molecule has 154 valence electrons. The SMILES string of the molecule is CC/C(N)=C/c1cc([Si](C)(C)OC(C)(C)C)ccc1[Si](C)(C)OC(C)(C)C. The summed E-state index contributed by atoms with van der Waals surface area (Å²) in [5.74, 6) is 0. The summed E-state index contributed by atoms with van der Waals surface area (Å²) in [5, 5.41) is 2.58. The highest BCUT2D eigenvalue weighted by molar-refractivity contribution is 6.86. The normalized spacial score (nSPS) is 14.6. The van der Waals surface area contributed by atoms with Gasteiger partial charge in [0, 0.05) is 16.9 Å². The highest BCUT2D eigenvalue weighted by Crippen LogP contribution is 2.21. The van der Waals surface area contributed by atoms with Crippen LogP contribution in [0.1, 0.15) is 60.5 Å². The molecule has 0 aliphatic rings. The van der Waals surface area contributed by atoms with Crippen molar-refractivity contribution in [1.29, 1.82) is 0 Å². The fourth-order valence-corrected chi connectivity index (χ4v) is 9.15. The van der Waals surface area contributed by atoms with Gasteiger partial charge in [-0.1, -0.05) is 25.1 Å². The zero-order valence-electron chi connectivity index (χ0n) is 19.4. The van der Waals surface area contributed by atoms with E-state index in [9.17, 15) is 0 Å².